The first-order chi connectivity index (χ1) is 16.4. The van der Waals surface area contributed by atoms with E-state index < -0.39 is 0 Å². The zero-order chi connectivity index (χ0) is 24.1. The summed E-state index contributed by atoms with van der Waals surface area (Å²) in [6.45, 7) is 0.628. The van der Waals surface area contributed by atoms with Crippen LogP contribution in [-0.4, -0.2) is 22.8 Å². The fourth-order valence-corrected chi connectivity index (χ4v) is 3.79. The lowest BCUT2D eigenvalue weighted by atomic mass is 10.1. The molecule has 0 fully saturated rings. The first kappa shape index (κ1) is 24.0. The van der Waals surface area contributed by atoms with Crippen molar-refractivity contribution in [2.24, 2.45) is 0 Å². The summed E-state index contributed by atoms with van der Waals surface area (Å²) in [5.41, 5.74) is 2.01. The van der Waals surface area contributed by atoms with Crippen molar-refractivity contribution in [3.05, 3.63) is 105 Å². The second kappa shape index (κ2) is 10.8. The minimum absolute atomic E-state index is 0.207. The maximum absolute atomic E-state index is 12.9. The number of anilines is 1. The quantitative estimate of drug-likeness (QED) is 0.282. The highest BCUT2D eigenvalue weighted by Gasteiger charge is 2.15. The Morgan fingerprint density at radius 3 is 2.47 bits per heavy atom. The van der Waals surface area contributed by atoms with Crippen LogP contribution in [0.15, 0.2) is 72.9 Å². The molecule has 0 radical (unpaired) electrons. The van der Waals surface area contributed by atoms with Gasteiger partial charge in [0.1, 0.15) is 23.1 Å². The van der Waals surface area contributed by atoms with Crippen LogP contribution in [0.4, 0.5) is 5.82 Å². The van der Waals surface area contributed by atoms with Gasteiger partial charge in [-0.3, -0.25) is 9.48 Å². The van der Waals surface area contributed by atoms with Gasteiger partial charge in [-0.15, -0.1) is 0 Å². The lowest BCUT2D eigenvalue weighted by molar-refractivity contribution is 0.102. The Balaban J connectivity index is 1.47. The van der Waals surface area contributed by atoms with Crippen molar-refractivity contribution < 1.29 is 14.3 Å². The van der Waals surface area contributed by atoms with Gasteiger partial charge in [0.15, 0.2) is 5.82 Å². The molecule has 0 saturated carbocycles. The number of amides is 1. The minimum Gasteiger partial charge on any atom is -0.496 e. The van der Waals surface area contributed by atoms with E-state index in [1.807, 2.05) is 24.3 Å². The monoisotopic (exact) mass is 515 g/mol. The van der Waals surface area contributed by atoms with Crippen molar-refractivity contribution in [1.82, 2.24) is 9.78 Å². The summed E-state index contributed by atoms with van der Waals surface area (Å²) in [5.74, 6) is 1.15. The Labute approximate surface area is 212 Å². The number of hydrogen-bond donors (Lipinski definition) is 1. The third-order valence-electron chi connectivity index (χ3n) is 4.99. The van der Waals surface area contributed by atoms with Gasteiger partial charge in [-0.05, 0) is 54.1 Å². The molecule has 0 spiro atoms. The van der Waals surface area contributed by atoms with Crippen LogP contribution in [-0.2, 0) is 13.2 Å². The zero-order valence-electron chi connectivity index (χ0n) is 18.1. The number of benzene rings is 3. The zero-order valence-corrected chi connectivity index (χ0v) is 20.4. The Morgan fingerprint density at radius 1 is 0.971 bits per heavy atom. The number of hydrogen-bond acceptors (Lipinski definition) is 4. The highest BCUT2D eigenvalue weighted by Crippen LogP contribution is 2.26. The second-order valence-electron chi connectivity index (χ2n) is 7.34. The topological polar surface area (TPSA) is 65.4 Å². The molecule has 0 aliphatic carbocycles. The van der Waals surface area contributed by atoms with Gasteiger partial charge >= 0.3 is 0 Å². The standard InChI is InChI=1S/C25H20Cl3N3O3/c1-33-23-11-6-16(12-18(23)15-34-20-9-7-19(26)8-10-20)25(32)29-24-22(28)14-31(30-24)13-17-4-2-3-5-21(17)27/h2-12,14H,13,15H2,1H3,(H,29,30,32). The molecule has 0 saturated heterocycles. The molecule has 34 heavy (non-hydrogen) atoms. The van der Waals surface area contributed by atoms with Crippen molar-refractivity contribution >= 4 is 46.5 Å². The van der Waals surface area contributed by atoms with E-state index in [-0.39, 0.29) is 18.3 Å². The molecule has 1 heterocycles. The lowest BCUT2D eigenvalue weighted by Crippen LogP contribution is -2.14. The average Bonchev–Trinajstić information content (AvgIpc) is 3.18. The third-order valence-corrected chi connectivity index (χ3v) is 5.89. The number of nitrogens with zero attached hydrogens (tertiary/aromatic N) is 2. The van der Waals surface area contributed by atoms with E-state index in [1.165, 1.54) is 0 Å². The van der Waals surface area contributed by atoms with Crippen molar-refractivity contribution in [3.8, 4) is 11.5 Å². The van der Waals surface area contributed by atoms with Crippen LogP contribution in [0, 0.1) is 0 Å². The van der Waals surface area contributed by atoms with Gasteiger partial charge < -0.3 is 14.8 Å². The van der Waals surface area contributed by atoms with Crippen LogP contribution in [0.25, 0.3) is 0 Å². The molecule has 0 aliphatic heterocycles. The lowest BCUT2D eigenvalue weighted by Gasteiger charge is -2.12. The molecule has 0 bridgehead atoms. The molecule has 1 amide bonds. The van der Waals surface area contributed by atoms with E-state index in [0.717, 1.165) is 5.56 Å². The number of carbonyl (C=O) groups excluding carboxylic acids is 1. The summed E-state index contributed by atoms with van der Waals surface area (Å²) in [6.07, 6.45) is 1.64. The minimum atomic E-state index is -0.361. The molecule has 0 unspecified atom stereocenters. The molecule has 0 aliphatic rings. The molecule has 9 heteroatoms. The largest absolute Gasteiger partial charge is 0.496 e. The number of nitrogens with one attached hydrogen (secondary N) is 1. The average molecular weight is 517 g/mol. The van der Waals surface area contributed by atoms with Gasteiger partial charge in [0, 0.05) is 27.4 Å². The predicted octanol–water partition coefficient (Wildman–Crippen LogP) is 6.73. The van der Waals surface area contributed by atoms with Crippen LogP contribution < -0.4 is 14.8 Å². The van der Waals surface area contributed by atoms with E-state index in [2.05, 4.69) is 10.4 Å². The highest BCUT2D eigenvalue weighted by atomic mass is 35.5. The molecular weight excluding hydrogens is 497 g/mol. The third kappa shape index (κ3) is 5.83. The van der Waals surface area contributed by atoms with Crippen molar-refractivity contribution in [3.63, 3.8) is 0 Å². The first-order valence-corrected chi connectivity index (χ1v) is 11.4. The summed E-state index contributed by atoms with van der Waals surface area (Å²) in [4.78, 5) is 12.9. The summed E-state index contributed by atoms with van der Waals surface area (Å²) in [7, 11) is 1.56. The molecule has 174 valence electrons. The number of rotatable bonds is 8. The number of methoxy groups -OCH3 is 1. The maximum atomic E-state index is 12.9. The second-order valence-corrected chi connectivity index (χ2v) is 8.59. The predicted molar refractivity (Wildman–Crippen MR) is 135 cm³/mol. The van der Waals surface area contributed by atoms with Gasteiger partial charge in [-0.1, -0.05) is 53.0 Å². The van der Waals surface area contributed by atoms with E-state index >= 15 is 0 Å². The van der Waals surface area contributed by atoms with Crippen molar-refractivity contribution in [2.75, 3.05) is 12.4 Å². The summed E-state index contributed by atoms with van der Waals surface area (Å²) >= 11 is 18.5. The van der Waals surface area contributed by atoms with Gasteiger partial charge in [0.2, 0.25) is 0 Å². The molecular formula is C25H20Cl3N3O3. The van der Waals surface area contributed by atoms with Crippen LogP contribution in [0.2, 0.25) is 15.1 Å². The van der Waals surface area contributed by atoms with Crippen molar-refractivity contribution in [1.29, 1.82) is 0 Å². The number of aromatic nitrogens is 2. The van der Waals surface area contributed by atoms with E-state index in [4.69, 9.17) is 44.3 Å². The number of halogens is 3. The van der Waals surface area contributed by atoms with E-state index in [9.17, 15) is 4.79 Å². The Kier molecular flexibility index (Phi) is 7.63. The normalized spacial score (nSPS) is 10.7. The smallest absolute Gasteiger partial charge is 0.256 e. The Bertz CT molecular complexity index is 1310. The van der Waals surface area contributed by atoms with Gasteiger partial charge in [-0.25, -0.2) is 0 Å². The maximum Gasteiger partial charge on any atom is 0.256 e. The van der Waals surface area contributed by atoms with Crippen LogP contribution in [0.3, 0.4) is 0 Å². The molecule has 4 aromatic rings. The summed E-state index contributed by atoms with van der Waals surface area (Å²) in [5, 5.41) is 8.72. The van der Waals surface area contributed by atoms with Gasteiger partial charge in [-0.2, -0.15) is 5.10 Å². The molecule has 1 N–H and O–H groups in total. The van der Waals surface area contributed by atoms with E-state index in [1.54, 1.807) is 60.5 Å². The summed E-state index contributed by atoms with van der Waals surface area (Å²) < 4.78 is 12.9. The Hall–Kier alpha value is -3.19. The van der Waals surface area contributed by atoms with Gasteiger partial charge in [0.05, 0.1) is 13.7 Å². The molecule has 1 aromatic heterocycles. The van der Waals surface area contributed by atoms with Crippen molar-refractivity contribution in [2.45, 2.75) is 13.2 Å². The molecule has 6 nitrogen and oxygen atoms in total. The number of ether oxygens (including phenoxy) is 2. The first-order valence-electron chi connectivity index (χ1n) is 10.3. The summed E-state index contributed by atoms with van der Waals surface area (Å²) in [6, 6.07) is 19.6. The van der Waals surface area contributed by atoms with Crippen LogP contribution in [0.1, 0.15) is 21.5 Å². The fraction of sp³-hybridized carbons (Fsp3) is 0.120. The van der Waals surface area contributed by atoms with E-state index in [0.29, 0.717) is 44.2 Å². The van der Waals surface area contributed by atoms with Gasteiger partial charge in [0.25, 0.3) is 5.91 Å². The molecule has 3 aromatic carbocycles. The molecule has 4 rings (SSSR count). The van der Waals surface area contributed by atoms with Crippen LogP contribution >= 0.6 is 34.8 Å². The fourth-order valence-electron chi connectivity index (χ4n) is 3.27. The SMILES string of the molecule is COc1ccc(C(=O)Nc2nn(Cc3ccccc3Cl)cc2Cl)cc1COc1ccc(Cl)cc1. The Morgan fingerprint density at radius 2 is 1.74 bits per heavy atom. The number of carbonyl (C=O) groups is 1. The molecule has 0 atom stereocenters. The van der Waals surface area contributed by atoms with Crippen LogP contribution in [0.5, 0.6) is 11.5 Å². The highest BCUT2D eigenvalue weighted by molar-refractivity contribution is 6.33.